The summed E-state index contributed by atoms with van der Waals surface area (Å²) in [4.78, 5) is 37.9. The maximum atomic E-state index is 13.6. The molecule has 44 heavy (non-hydrogen) atoms. The number of rotatable bonds is 15. The molecule has 0 heterocycles. The lowest BCUT2D eigenvalue weighted by atomic mass is 9.83. The van der Waals surface area contributed by atoms with Gasteiger partial charge in [-0.05, 0) is 57.7 Å². The highest BCUT2D eigenvalue weighted by molar-refractivity contribution is 5.90. The average Bonchev–Trinajstić information content (AvgIpc) is 3.02. The molecule has 3 rings (SSSR count). The lowest BCUT2D eigenvalue weighted by Crippen LogP contribution is -2.59. The summed E-state index contributed by atoms with van der Waals surface area (Å²) < 4.78 is 18.1. The van der Waals surface area contributed by atoms with Crippen molar-refractivity contribution in [3.63, 3.8) is 0 Å². The van der Waals surface area contributed by atoms with Crippen LogP contribution in [0, 0.1) is 18.7 Å². The zero-order chi connectivity index (χ0) is 32.3. The molecule has 2 aromatic carbocycles. The zero-order valence-electron chi connectivity index (χ0n) is 26.4. The van der Waals surface area contributed by atoms with E-state index in [1.54, 1.807) is 26.1 Å². The maximum Gasteiger partial charge on any atom is 0.245 e. The molecule has 1 aliphatic rings. The summed E-state index contributed by atoms with van der Waals surface area (Å²) in [6, 6.07) is 12.6. The first-order chi connectivity index (χ1) is 21.2. The molecule has 9 nitrogen and oxygen atoms in total. The van der Waals surface area contributed by atoms with Crippen LogP contribution in [0.2, 0.25) is 0 Å². The van der Waals surface area contributed by atoms with Crippen molar-refractivity contribution in [2.75, 3.05) is 33.3 Å². The second-order valence-electron chi connectivity index (χ2n) is 11.0. The Bertz CT molecular complexity index is 1150. The van der Waals surface area contributed by atoms with E-state index in [1.807, 2.05) is 43.3 Å². The number of aryl methyl sites for hydroxylation is 1. The summed E-state index contributed by atoms with van der Waals surface area (Å²) in [6.07, 6.45) is 8.60. The molecule has 4 N–H and O–H groups in total. The molecule has 1 aliphatic carbocycles. The first kappa shape index (κ1) is 36.4. The van der Waals surface area contributed by atoms with Gasteiger partial charge < -0.3 is 30.7 Å². The fourth-order valence-electron chi connectivity index (χ4n) is 5.24. The van der Waals surface area contributed by atoms with Gasteiger partial charge in [-0.3, -0.25) is 14.4 Å². The number of carbonyl (C=O) groups is 3. The van der Waals surface area contributed by atoms with Gasteiger partial charge in [0.05, 0.1) is 12.1 Å². The standard InChI is InChI=1S/C27H42N4O5.C7H7F/c1-4-29-26(34)25(20(2)33)31(3)27(35)24(22-12-6-5-7-13-22)30-17-18-36-23-15-9-8-11-21(23)14-10-16-28-19-32;1-6-2-4-7(8)5-3-6/h8-11,14-15,19-20,22,24-25,30,33H,4-7,12-13,16-18H2,1-3H3,(H,28,32)(H,29,34);2-5H,1H3/b14-10+;. The van der Waals surface area contributed by atoms with Gasteiger partial charge in [0.25, 0.3) is 0 Å². The summed E-state index contributed by atoms with van der Waals surface area (Å²) in [5.74, 6) is 0.158. The molecule has 0 aliphatic heterocycles. The molecular formula is C34H49FN4O5. The van der Waals surface area contributed by atoms with Crippen LogP contribution in [0.3, 0.4) is 0 Å². The molecule has 242 valence electrons. The summed E-state index contributed by atoms with van der Waals surface area (Å²) in [7, 11) is 1.59. The molecule has 3 amide bonds. The molecule has 0 spiro atoms. The number of aliphatic hydroxyl groups excluding tert-OH is 1. The van der Waals surface area contributed by atoms with E-state index < -0.39 is 18.2 Å². The van der Waals surface area contributed by atoms with Crippen molar-refractivity contribution in [2.45, 2.75) is 71.1 Å². The maximum absolute atomic E-state index is 13.6. The van der Waals surface area contributed by atoms with Crippen LogP contribution in [-0.2, 0) is 14.4 Å². The van der Waals surface area contributed by atoms with E-state index >= 15 is 0 Å². The largest absolute Gasteiger partial charge is 0.492 e. The number of nitrogens with one attached hydrogen (secondary N) is 3. The number of hydrogen-bond acceptors (Lipinski definition) is 6. The van der Waals surface area contributed by atoms with Crippen molar-refractivity contribution in [1.29, 1.82) is 0 Å². The topological polar surface area (TPSA) is 120 Å². The summed E-state index contributed by atoms with van der Waals surface area (Å²) in [5, 5.41) is 19.0. The minimum Gasteiger partial charge on any atom is -0.492 e. The minimum atomic E-state index is -0.993. The Balaban J connectivity index is 0.000000727. The molecule has 2 aromatic rings. The number of hydrogen-bond donors (Lipinski definition) is 4. The van der Waals surface area contributed by atoms with E-state index in [9.17, 15) is 23.9 Å². The molecule has 0 radical (unpaired) electrons. The van der Waals surface area contributed by atoms with Crippen molar-refractivity contribution in [3.8, 4) is 5.75 Å². The van der Waals surface area contributed by atoms with Gasteiger partial charge in [-0.15, -0.1) is 0 Å². The summed E-state index contributed by atoms with van der Waals surface area (Å²) in [5.41, 5.74) is 1.98. The van der Waals surface area contributed by atoms with Crippen molar-refractivity contribution < 1.29 is 28.6 Å². The number of para-hydroxylation sites is 1. The molecule has 3 unspecified atom stereocenters. The Labute approximate surface area is 261 Å². The Hall–Kier alpha value is -3.76. The number of aliphatic hydroxyl groups is 1. The molecule has 0 aromatic heterocycles. The summed E-state index contributed by atoms with van der Waals surface area (Å²) >= 11 is 0. The van der Waals surface area contributed by atoms with Crippen LogP contribution in [-0.4, -0.2) is 79.7 Å². The zero-order valence-corrected chi connectivity index (χ0v) is 26.4. The van der Waals surface area contributed by atoms with Crippen molar-refractivity contribution >= 4 is 24.3 Å². The van der Waals surface area contributed by atoms with Crippen LogP contribution in [0.4, 0.5) is 4.39 Å². The van der Waals surface area contributed by atoms with E-state index in [2.05, 4.69) is 16.0 Å². The smallest absolute Gasteiger partial charge is 0.245 e. The van der Waals surface area contributed by atoms with Crippen LogP contribution >= 0.6 is 0 Å². The molecule has 0 bridgehead atoms. The summed E-state index contributed by atoms with van der Waals surface area (Å²) in [6.45, 7) is 6.93. The van der Waals surface area contributed by atoms with Crippen LogP contribution in [0.15, 0.2) is 54.6 Å². The van der Waals surface area contributed by atoms with Gasteiger partial charge in [-0.1, -0.05) is 67.3 Å². The number of amides is 3. The first-order valence-electron chi connectivity index (χ1n) is 15.4. The molecule has 1 saturated carbocycles. The number of benzene rings is 2. The minimum absolute atomic E-state index is 0.165. The first-order valence-corrected chi connectivity index (χ1v) is 15.4. The number of ether oxygens (including phenoxy) is 1. The van der Waals surface area contributed by atoms with Gasteiger partial charge in [0, 0.05) is 32.2 Å². The van der Waals surface area contributed by atoms with Gasteiger partial charge in [0.1, 0.15) is 24.2 Å². The number of carbonyl (C=O) groups excluding carboxylic acids is 3. The Morgan fingerprint density at radius 3 is 2.41 bits per heavy atom. The van der Waals surface area contributed by atoms with E-state index in [1.165, 1.54) is 24.0 Å². The second-order valence-corrected chi connectivity index (χ2v) is 11.0. The SMILES string of the molecule is CCNC(=O)C(C(C)O)N(C)C(=O)C(NCCOc1ccccc1/C=C/CNC=O)C1CCCCC1.Cc1ccc(F)cc1. The normalized spacial score (nSPS) is 15.3. The van der Waals surface area contributed by atoms with Crippen LogP contribution in [0.25, 0.3) is 6.08 Å². The Morgan fingerprint density at radius 2 is 1.80 bits per heavy atom. The predicted molar refractivity (Wildman–Crippen MR) is 171 cm³/mol. The highest BCUT2D eigenvalue weighted by atomic mass is 19.1. The third-order valence-corrected chi connectivity index (χ3v) is 7.50. The Kier molecular flexibility index (Phi) is 16.8. The van der Waals surface area contributed by atoms with Crippen molar-refractivity contribution in [2.24, 2.45) is 5.92 Å². The average molecular weight is 613 g/mol. The number of likely N-dealkylation sites (N-methyl/N-ethyl adjacent to an activating group) is 2. The second kappa shape index (κ2) is 20.2. The number of nitrogens with zero attached hydrogens (tertiary/aromatic N) is 1. The monoisotopic (exact) mass is 612 g/mol. The number of halogens is 1. The molecule has 0 saturated heterocycles. The van der Waals surface area contributed by atoms with Gasteiger partial charge in [0.15, 0.2) is 0 Å². The van der Waals surface area contributed by atoms with Crippen molar-refractivity contribution in [3.05, 3.63) is 71.6 Å². The Morgan fingerprint density at radius 1 is 1.11 bits per heavy atom. The molecular weight excluding hydrogens is 563 g/mol. The quantitative estimate of drug-likeness (QED) is 0.179. The third kappa shape index (κ3) is 12.5. The fraction of sp³-hybridized carbons (Fsp3) is 0.500. The lowest BCUT2D eigenvalue weighted by molar-refractivity contribution is -0.145. The van der Waals surface area contributed by atoms with Gasteiger partial charge in [-0.25, -0.2) is 4.39 Å². The molecule has 1 fully saturated rings. The van der Waals surface area contributed by atoms with E-state index in [-0.39, 0.29) is 23.5 Å². The van der Waals surface area contributed by atoms with Crippen LogP contribution in [0.1, 0.15) is 57.1 Å². The highest BCUT2D eigenvalue weighted by Gasteiger charge is 2.37. The van der Waals surface area contributed by atoms with Crippen molar-refractivity contribution in [1.82, 2.24) is 20.9 Å². The van der Waals surface area contributed by atoms with Gasteiger partial charge in [-0.2, -0.15) is 0 Å². The molecule has 10 heteroatoms. The van der Waals surface area contributed by atoms with Gasteiger partial charge in [0.2, 0.25) is 18.2 Å². The predicted octanol–water partition coefficient (Wildman–Crippen LogP) is 3.84. The highest BCUT2D eigenvalue weighted by Crippen LogP contribution is 2.28. The third-order valence-electron chi connectivity index (χ3n) is 7.50. The fourth-order valence-corrected chi connectivity index (χ4v) is 5.24. The van der Waals surface area contributed by atoms with Gasteiger partial charge >= 0.3 is 0 Å². The lowest BCUT2D eigenvalue weighted by Gasteiger charge is -2.36. The van der Waals surface area contributed by atoms with E-state index in [0.29, 0.717) is 38.4 Å². The van der Waals surface area contributed by atoms with Crippen LogP contribution in [0.5, 0.6) is 5.75 Å². The molecule has 3 atom stereocenters. The van der Waals surface area contributed by atoms with E-state index in [0.717, 1.165) is 43.2 Å². The van der Waals surface area contributed by atoms with E-state index in [4.69, 9.17) is 4.74 Å². The van der Waals surface area contributed by atoms with Crippen LogP contribution < -0.4 is 20.7 Å².